The topological polar surface area (TPSA) is 60.2 Å². The van der Waals surface area contributed by atoms with Crippen LogP contribution in [-0.4, -0.2) is 10.7 Å². The van der Waals surface area contributed by atoms with Gasteiger partial charge in [-0.15, -0.1) is 0 Å². The van der Waals surface area contributed by atoms with E-state index in [0.29, 0.717) is 0 Å². The van der Waals surface area contributed by atoms with Gasteiger partial charge in [-0.25, -0.2) is 0 Å². The number of carbonyl (C=O) groups is 1. The minimum atomic E-state index is -0.439. The highest BCUT2D eigenvalue weighted by atomic mass is 16.6. The van der Waals surface area contributed by atoms with Crippen LogP contribution in [0.1, 0.15) is 31.2 Å². The number of allylic oxidation sites excluding steroid dienone is 3. The predicted octanol–water partition coefficient (Wildman–Crippen LogP) is 3.68. The highest BCUT2D eigenvalue weighted by Gasteiger charge is 2.09. The molecule has 19 heavy (non-hydrogen) atoms. The fourth-order valence-electron chi connectivity index (χ4n) is 2.05. The number of carbonyl (C=O) groups excluding carboxylic acids is 1. The average molecular weight is 257 g/mol. The van der Waals surface area contributed by atoms with Crippen molar-refractivity contribution in [2.75, 3.05) is 0 Å². The summed E-state index contributed by atoms with van der Waals surface area (Å²) in [5.74, 6) is 0.0399. The number of hydrogen-bond acceptors (Lipinski definition) is 3. The van der Waals surface area contributed by atoms with Gasteiger partial charge in [0, 0.05) is 12.1 Å². The van der Waals surface area contributed by atoms with Gasteiger partial charge in [-0.3, -0.25) is 14.9 Å². The molecule has 1 aromatic carbocycles. The molecule has 0 aromatic heterocycles. The summed E-state index contributed by atoms with van der Waals surface area (Å²) in [4.78, 5) is 22.0. The third-order valence-corrected chi connectivity index (χ3v) is 3.14. The van der Waals surface area contributed by atoms with Crippen molar-refractivity contribution in [2.24, 2.45) is 0 Å². The number of ketones is 1. The van der Waals surface area contributed by atoms with Gasteiger partial charge in [0.15, 0.2) is 5.78 Å². The number of nitrogens with zero attached hydrogens (tertiary/aromatic N) is 1. The zero-order chi connectivity index (χ0) is 13.7. The van der Waals surface area contributed by atoms with Crippen LogP contribution in [0.25, 0.3) is 6.08 Å². The second-order valence-corrected chi connectivity index (χ2v) is 4.52. The van der Waals surface area contributed by atoms with Crippen LogP contribution in [0, 0.1) is 10.1 Å². The van der Waals surface area contributed by atoms with E-state index in [0.717, 1.165) is 36.8 Å². The molecule has 0 saturated carbocycles. The van der Waals surface area contributed by atoms with E-state index >= 15 is 0 Å². The molecule has 0 amide bonds. The Hall–Kier alpha value is -2.23. The van der Waals surface area contributed by atoms with Crippen LogP contribution in [-0.2, 0) is 4.79 Å². The zero-order valence-corrected chi connectivity index (χ0v) is 10.5. The maximum atomic E-state index is 11.9. The van der Waals surface area contributed by atoms with E-state index in [9.17, 15) is 14.9 Å². The second-order valence-electron chi connectivity index (χ2n) is 4.52. The molecule has 0 bridgehead atoms. The second kappa shape index (κ2) is 6.09. The molecule has 1 aliphatic rings. The zero-order valence-electron chi connectivity index (χ0n) is 10.5. The van der Waals surface area contributed by atoms with Gasteiger partial charge in [0.1, 0.15) is 0 Å². The summed E-state index contributed by atoms with van der Waals surface area (Å²) in [6.45, 7) is 0. The average Bonchev–Trinajstić information content (AvgIpc) is 2.46. The largest absolute Gasteiger partial charge is 0.290 e. The molecule has 1 aliphatic carbocycles. The molecule has 0 fully saturated rings. The Morgan fingerprint density at radius 3 is 2.53 bits per heavy atom. The molecule has 0 N–H and O–H groups in total. The van der Waals surface area contributed by atoms with Crippen molar-refractivity contribution >= 4 is 17.5 Å². The number of nitro benzene ring substituents is 1. The van der Waals surface area contributed by atoms with E-state index in [1.165, 1.54) is 18.2 Å². The number of non-ortho nitro benzene ring substituents is 1. The van der Waals surface area contributed by atoms with Crippen molar-refractivity contribution in [3.63, 3.8) is 0 Å². The standard InChI is InChI=1S/C15H15NO3/c17-15(13-4-2-1-3-5-13)11-8-12-6-9-14(10-7-12)16(18)19/h4,6-11H,1-3,5H2/b11-8+. The van der Waals surface area contributed by atoms with Gasteiger partial charge in [0.2, 0.25) is 0 Å². The van der Waals surface area contributed by atoms with Crippen LogP contribution in [0.3, 0.4) is 0 Å². The molecule has 1 aromatic rings. The highest BCUT2D eigenvalue weighted by molar-refractivity contribution is 6.06. The summed E-state index contributed by atoms with van der Waals surface area (Å²) in [5, 5.41) is 10.5. The first-order valence-electron chi connectivity index (χ1n) is 6.33. The highest BCUT2D eigenvalue weighted by Crippen LogP contribution is 2.19. The monoisotopic (exact) mass is 257 g/mol. The maximum Gasteiger partial charge on any atom is 0.269 e. The number of benzene rings is 1. The van der Waals surface area contributed by atoms with E-state index < -0.39 is 4.92 Å². The summed E-state index contributed by atoms with van der Waals surface area (Å²) < 4.78 is 0. The lowest BCUT2D eigenvalue weighted by Gasteiger charge is -2.08. The molecule has 0 heterocycles. The van der Waals surface area contributed by atoms with Crippen LogP contribution in [0.15, 0.2) is 42.0 Å². The van der Waals surface area contributed by atoms with Crippen molar-refractivity contribution < 1.29 is 9.72 Å². The maximum absolute atomic E-state index is 11.9. The summed E-state index contributed by atoms with van der Waals surface area (Å²) in [6, 6.07) is 6.14. The Kier molecular flexibility index (Phi) is 4.23. The molecule has 0 aliphatic heterocycles. The third kappa shape index (κ3) is 3.61. The Balaban J connectivity index is 2.03. The SMILES string of the molecule is O=C(/C=C/c1ccc([N+](=O)[O-])cc1)C1=CCCCC1. The third-order valence-electron chi connectivity index (χ3n) is 3.14. The lowest BCUT2D eigenvalue weighted by atomic mass is 9.96. The van der Waals surface area contributed by atoms with Crippen LogP contribution in [0.4, 0.5) is 5.69 Å². The predicted molar refractivity (Wildman–Crippen MR) is 73.7 cm³/mol. The van der Waals surface area contributed by atoms with Gasteiger partial charge in [-0.1, -0.05) is 12.2 Å². The summed E-state index contributed by atoms with van der Waals surface area (Å²) in [7, 11) is 0. The Bertz CT molecular complexity index is 541. The van der Waals surface area contributed by atoms with Gasteiger partial charge in [0.25, 0.3) is 5.69 Å². The molecule has 4 nitrogen and oxygen atoms in total. The first-order chi connectivity index (χ1) is 9.16. The van der Waals surface area contributed by atoms with Crippen molar-refractivity contribution in [2.45, 2.75) is 25.7 Å². The Morgan fingerprint density at radius 1 is 1.21 bits per heavy atom. The lowest BCUT2D eigenvalue weighted by Crippen LogP contribution is -2.02. The van der Waals surface area contributed by atoms with E-state index in [4.69, 9.17) is 0 Å². The molecule has 0 spiro atoms. The summed E-state index contributed by atoms with van der Waals surface area (Å²) in [5.41, 5.74) is 1.72. The van der Waals surface area contributed by atoms with Crippen LogP contribution >= 0.6 is 0 Å². The quantitative estimate of drug-likeness (QED) is 0.469. The molecule has 0 unspecified atom stereocenters. The van der Waals surface area contributed by atoms with Gasteiger partial charge in [0.05, 0.1) is 4.92 Å². The van der Waals surface area contributed by atoms with Crippen LogP contribution < -0.4 is 0 Å². The van der Waals surface area contributed by atoms with Crippen LogP contribution in [0.2, 0.25) is 0 Å². The molecule has 4 heteroatoms. The first kappa shape index (κ1) is 13.2. The minimum absolute atomic E-state index is 0.0399. The van der Waals surface area contributed by atoms with Gasteiger partial charge in [-0.05, 0) is 55.0 Å². The molecular weight excluding hydrogens is 242 g/mol. The minimum Gasteiger partial charge on any atom is -0.290 e. The lowest BCUT2D eigenvalue weighted by molar-refractivity contribution is -0.384. The fourth-order valence-corrected chi connectivity index (χ4v) is 2.05. The van der Waals surface area contributed by atoms with Crippen molar-refractivity contribution in [1.82, 2.24) is 0 Å². The first-order valence-corrected chi connectivity index (χ1v) is 6.33. The van der Waals surface area contributed by atoms with Gasteiger partial charge < -0.3 is 0 Å². The molecule has 0 atom stereocenters. The molecular formula is C15H15NO3. The van der Waals surface area contributed by atoms with E-state index in [2.05, 4.69) is 0 Å². The van der Waals surface area contributed by atoms with Crippen molar-refractivity contribution in [3.05, 3.63) is 57.7 Å². The molecule has 0 radical (unpaired) electrons. The smallest absolute Gasteiger partial charge is 0.269 e. The number of nitro groups is 1. The molecule has 0 saturated heterocycles. The summed E-state index contributed by atoms with van der Waals surface area (Å²) in [6.07, 6.45) is 9.30. The van der Waals surface area contributed by atoms with E-state index in [-0.39, 0.29) is 11.5 Å². The Morgan fingerprint density at radius 2 is 1.95 bits per heavy atom. The van der Waals surface area contributed by atoms with Gasteiger partial charge in [-0.2, -0.15) is 0 Å². The van der Waals surface area contributed by atoms with Crippen molar-refractivity contribution in [1.29, 1.82) is 0 Å². The number of hydrogen-bond donors (Lipinski definition) is 0. The van der Waals surface area contributed by atoms with Crippen molar-refractivity contribution in [3.8, 4) is 0 Å². The van der Waals surface area contributed by atoms with E-state index in [1.807, 2.05) is 6.08 Å². The normalized spacial score (nSPS) is 15.3. The molecule has 2 rings (SSSR count). The fraction of sp³-hybridized carbons (Fsp3) is 0.267. The number of rotatable bonds is 4. The summed E-state index contributed by atoms with van der Waals surface area (Å²) >= 11 is 0. The van der Waals surface area contributed by atoms with Crippen LogP contribution in [0.5, 0.6) is 0 Å². The van der Waals surface area contributed by atoms with E-state index in [1.54, 1.807) is 18.2 Å². The molecule has 98 valence electrons. The van der Waals surface area contributed by atoms with Gasteiger partial charge >= 0.3 is 0 Å². The Labute approximate surface area is 111 Å².